The smallest absolute Gasteiger partial charge is 0.281 e. The minimum Gasteiger partial charge on any atom is -0.388 e. The number of amides is 1. The number of aromatic nitrogens is 4. The second-order valence-corrected chi connectivity index (χ2v) is 11.8. The molecular formula is C32H38N6O3. The van der Waals surface area contributed by atoms with Crippen LogP contribution in [-0.2, 0) is 24.8 Å². The Bertz CT molecular complexity index is 1630. The summed E-state index contributed by atoms with van der Waals surface area (Å²) in [5.74, 6) is 0.226. The van der Waals surface area contributed by atoms with Crippen LogP contribution in [0, 0.1) is 0 Å². The van der Waals surface area contributed by atoms with Crippen LogP contribution in [0.1, 0.15) is 61.3 Å². The van der Waals surface area contributed by atoms with Crippen LogP contribution in [0.2, 0.25) is 0 Å². The summed E-state index contributed by atoms with van der Waals surface area (Å²) >= 11 is 0. The third kappa shape index (κ3) is 5.20. The van der Waals surface area contributed by atoms with Gasteiger partial charge >= 0.3 is 0 Å². The van der Waals surface area contributed by atoms with E-state index in [1.165, 1.54) is 22.0 Å². The van der Waals surface area contributed by atoms with Gasteiger partial charge in [0.2, 0.25) is 5.91 Å². The maximum absolute atomic E-state index is 13.5. The van der Waals surface area contributed by atoms with Crippen LogP contribution in [0.3, 0.4) is 0 Å². The number of fused-ring (bicyclic) bond motifs is 2. The van der Waals surface area contributed by atoms with Gasteiger partial charge < -0.3 is 15.3 Å². The van der Waals surface area contributed by atoms with E-state index in [1.807, 2.05) is 49.3 Å². The van der Waals surface area contributed by atoms with E-state index in [2.05, 4.69) is 40.5 Å². The van der Waals surface area contributed by atoms with Crippen molar-refractivity contribution in [1.29, 1.82) is 0 Å². The largest absolute Gasteiger partial charge is 0.388 e. The zero-order valence-corrected chi connectivity index (χ0v) is 24.0. The van der Waals surface area contributed by atoms with Gasteiger partial charge in [0.25, 0.3) is 5.56 Å². The number of aliphatic hydroxyl groups is 1. The Balaban J connectivity index is 1.16. The van der Waals surface area contributed by atoms with Gasteiger partial charge in [-0.1, -0.05) is 49.4 Å². The van der Waals surface area contributed by atoms with Gasteiger partial charge in [0.15, 0.2) is 5.52 Å². The van der Waals surface area contributed by atoms with E-state index in [9.17, 15) is 14.7 Å². The maximum atomic E-state index is 13.5. The molecule has 4 aromatic rings. The molecule has 0 saturated carbocycles. The van der Waals surface area contributed by atoms with Gasteiger partial charge in [-0.2, -0.15) is 5.10 Å². The first kappa shape index (κ1) is 27.4. The van der Waals surface area contributed by atoms with Crippen molar-refractivity contribution < 1.29 is 9.90 Å². The summed E-state index contributed by atoms with van der Waals surface area (Å²) in [5.41, 5.74) is 5.09. The normalized spacial score (nSPS) is 18.9. The third-order valence-electron chi connectivity index (χ3n) is 9.02. The molecule has 1 aliphatic heterocycles. The molecule has 41 heavy (non-hydrogen) atoms. The Labute approximate surface area is 239 Å². The van der Waals surface area contributed by atoms with Gasteiger partial charge in [-0.25, -0.2) is 4.98 Å². The molecule has 0 bridgehead atoms. The predicted molar refractivity (Wildman–Crippen MR) is 159 cm³/mol. The van der Waals surface area contributed by atoms with Crippen molar-refractivity contribution in [3.05, 3.63) is 81.9 Å². The summed E-state index contributed by atoms with van der Waals surface area (Å²) in [6.45, 7) is 3.10. The summed E-state index contributed by atoms with van der Waals surface area (Å²) in [7, 11) is 3.83. The Hall–Kier alpha value is -3.82. The number of aryl methyl sites for hydroxylation is 2. The monoisotopic (exact) mass is 554 g/mol. The Kier molecular flexibility index (Phi) is 7.25. The summed E-state index contributed by atoms with van der Waals surface area (Å²) in [6.07, 6.45) is 4.85. The van der Waals surface area contributed by atoms with E-state index in [0.717, 1.165) is 29.7 Å². The van der Waals surface area contributed by atoms with E-state index in [4.69, 9.17) is 0 Å². The Morgan fingerprint density at radius 2 is 1.90 bits per heavy atom. The molecule has 9 nitrogen and oxygen atoms in total. The van der Waals surface area contributed by atoms with Crippen molar-refractivity contribution in [3.8, 4) is 11.3 Å². The average molecular weight is 555 g/mol. The fourth-order valence-corrected chi connectivity index (χ4v) is 6.53. The van der Waals surface area contributed by atoms with Crippen molar-refractivity contribution in [2.45, 2.75) is 63.1 Å². The zero-order valence-electron chi connectivity index (χ0n) is 24.0. The molecule has 2 aliphatic rings. The van der Waals surface area contributed by atoms with E-state index < -0.39 is 5.60 Å². The maximum Gasteiger partial charge on any atom is 0.281 e. The topological polar surface area (TPSA) is 105 Å². The predicted octanol–water partition coefficient (Wildman–Crippen LogP) is 3.55. The molecule has 2 aromatic heterocycles. The highest BCUT2D eigenvalue weighted by Gasteiger charge is 2.35. The Morgan fingerprint density at radius 1 is 1.15 bits per heavy atom. The fourth-order valence-electron chi connectivity index (χ4n) is 6.53. The number of rotatable bonds is 7. The van der Waals surface area contributed by atoms with Gasteiger partial charge in [0, 0.05) is 38.2 Å². The molecule has 2 atom stereocenters. The molecule has 214 valence electrons. The van der Waals surface area contributed by atoms with Crippen molar-refractivity contribution in [2.75, 3.05) is 20.1 Å². The fraction of sp³-hybridized carbons (Fsp3) is 0.438. The second-order valence-electron chi connectivity index (χ2n) is 11.8. The molecule has 1 aliphatic carbocycles. The van der Waals surface area contributed by atoms with Crippen LogP contribution in [0.4, 0.5) is 0 Å². The molecule has 3 heterocycles. The number of carbonyl (C=O) groups excluding carboxylic acids is 1. The minimum atomic E-state index is -1.09. The number of hydrogen-bond acceptors (Lipinski definition) is 6. The standard InChI is InChI=1S/C32H38N6O3/c1-21(22-7-5-4-6-8-22)17-27(39)37-15-13-32(41,14-16-37)19-38-20-34-28-29(31(38)40)35-36(3)30(28)24-9-11-25-23(18-24)10-12-26(25)33-2/h4-9,11,18,20-21,26,33,41H,10,12-17,19H2,1-3H3/t21-,26?/m1/s1. The average Bonchev–Trinajstić information content (AvgIpc) is 3.55. The van der Waals surface area contributed by atoms with Gasteiger partial charge in [-0.3, -0.25) is 18.8 Å². The lowest BCUT2D eigenvalue weighted by Crippen LogP contribution is -2.49. The lowest BCUT2D eigenvalue weighted by atomic mass is 9.90. The molecule has 1 fully saturated rings. The van der Waals surface area contributed by atoms with Gasteiger partial charge in [0.05, 0.1) is 24.2 Å². The van der Waals surface area contributed by atoms with E-state index >= 15 is 0 Å². The molecule has 0 radical (unpaired) electrons. The van der Waals surface area contributed by atoms with Gasteiger partial charge in [-0.05, 0) is 61.4 Å². The zero-order chi connectivity index (χ0) is 28.7. The van der Waals surface area contributed by atoms with Crippen LogP contribution in [0.15, 0.2) is 59.7 Å². The molecule has 0 spiro atoms. The van der Waals surface area contributed by atoms with Gasteiger partial charge in [-0.15, -0.1) is 0 Å². The molecule has 1 amide bonds. The summed E-state index contributed by atoms with van der Waals surface area (Å²) in [4.78, 5) is 33.0. The van der Waals surface area contributed by atoms with Crippen molar-refractivity contribution in [3.63, 3.8) is 0 Å². The van der Waals surface area contributed by atoms with E-state index in [-0.39, 0.29) is 23.9 Å². The van der Waals surface area contributed by atoms with Crippen LogP contribution in [-0.4, -0.2) is 61.0 Å². The van der Waals surface area contributed by atoms with Crippen LogP contribution in [0.25, 0.3) is 22.3 Å². The van der Waals surface area contributed by atoms with Crippen LogP contribution in [0.5, 0.6) is 0 Å². The van der Waals surface area contributed by atoms with Crippen molar-refractivity contribution >= 4 is 16.9 Å². The molecule has 9 heteroatoms. The van der Waals surface area contributed by atoms with Gasteiger partial charge in [0.1, 0.15) is 5.52 Å². The number of nitrogens with zero attached hydrogens (tertiary/aromatic N) is 5. The molecule has 1 saturated heterocycles. The summed E-state index contributed by atoms with van der Waals surface area (Å²) in [6, 6.07) is 16.9. The highest BCUT2D eigenvalue weighted by atomic mass is 16.3. The highest BCUT2D eigenvalue weighted by Crippen LogP contribution is 2.35. The molecule has 6 rings (SSSR count). The first-order valence-corrected chi connectivity index (χ1v) is 14.5. The Morgan fingerprint density at radius 3 is 2.63 bits per heavy atom. The number of benzene rings is 2. The quantitative estimate of drug-likeness (QED) is 0.362. The van der Waals surface area contributed by atoms with Crippen molar-refractivity contribution in [2.24, 2.45) is 7.05 Å². The SMILES string of the molecule is CNC1CCc2cc(-c3c4ncn(CC5(O)CCN(C(=O)C[C@@H](C)c6ccccc6)CC5)c(=O)c4nn3C)ccc21. The number of piperidine rings is 1. The number of nitrogens with one attached hydrogen (secondary N) is 1. The first-order chi connectivity index (χ1) is 19.8. The summed E-state index contributed by atoms with van der Waals surface area (Å²) in [5, 5.41) is 19.3. The van der Waals surface area contributed by atoms with Crippen LogP contribution < -0.4 is 10.9 Å². The number of likely N-dealkylation sites (tertiary alicyclic amines) is 1. The molecular weight excluding hydrogens is 516 g/mol. The second kappa shape index (κ2) is 10.9. The lowest BCUT2D eigenvalue weighted by Gasteiger charge is -2.38. The highest BCUT2D eigenvalue weighted by molar-refractivity contribution is 5.89. The minimum absolute atomic E-state index is 0.0951. The summed E-state index contributed by atoms with van der Waals surface area (Å²) < 4.78 is 3.19. The first-order valence-electron chi connectivity index (χ1n) is 14.5. The molecule has 2 aromatic carbocycles. The molecule has 2 N–H and O–H groups in total. The lowest BCUT2D eigenvalue weighted by molar-refractivity contribution is -0.136. The third-order valence-corrected chi connectivity index (χ3v) is 9.02. The number of hydrogen-bond donors (Lipinski definition) is 2. The van der Waals surface area contributed by atoms with Crippen molar-refractivity contribution in [1.82, 2.24) is 29.5 Å². The molecule has 1 unspecified atom stereocenters. The van der Waals surface area contributed by atoms with E-state index in [1.54, 1.807) is 4.68 Å². The number of carbonyl (C=O) groups is 1. The van der Waals surface area contributed by atoms with E-state index in [0.29, 0.717) is 49.4 Å². The van der Waals surface area contributed by atoms with Crippen LogP contribution >= 0.6 is 0 Å².